The smallest absolute Gasteiger partial charge is 0.337 e. The van der Waals surface area contributed by atoms with Crippen LogP contribution < -0.4 is 10.0 Å². The summed E-state index contributed by atoms with van der Waals surface area (Å²) < 4.78 is 31.6. The molecule has 0 bridgehead atoms. The van der Waals surface area contributed by atoms with Gasteiger partial charge in [-0.3, -0.25) is 0 Å². The summed E-state index contributed by atoms with van der Waals surface area (Å²) in [5.41, 5.74) is 0.325. The Kier molecular flexibility index (Phi) is 4.74. The number of carbonyl (C=O) groups is 1. The Balaban J connectivity index is 2.10. The van der Waals surface area contributed by atoms with E-state index in [4.69, 9.17) is 0 Å². The van der Waals surface area contributed by atoms with Gasteiger partial charge in [0.1, 0.15) is 0 Å². The minimum Gasteiger partial charge on any atom is -0.465 e. The summed E-state index contributed by atoms with van der Waals surface area (Å²) in [7, 11) is -2.27. The van der Waals surface area contributed by atoms with E-state index in [0.29, 0.717) is 12.1 Å². The van der Waals surface area contributed by atoms with Crippen molar-refractivity contribution in [2.75, 3.05) is 20.2 Å². The number of piperidine rings is 1. The van der Waals surface area contributed by atoms with Crippen LogP contribution in [0.1, 0.15) is 23.2 Å². The molecular formula is C13H18N2O4S. The number of nitrogens with one attached hydrogen (secondary N) is 2. The summed E-state index contributed by atoms with van der Waals surface area (Å²) >= 11 is 0. The number of hydrogen-bond acceptors (Lipinski definition) is 5. The van der Waals surface area contributed by atoms with Gasteiger partial charge in [0, 0.05) is 12.6 Å². The Morgan fingerprint density at radius 3 is 2.60 bits per heavy atom. The van der Waals surface area contributed by atoms with E-state index in [1.54, 1.807) is 0 Å². The van der Waals surface area contributed by atoms with Crippen LogP contribution in [0.25, 0.3) is 0 Å². The van der Waals surface area contributed by atoms with Gasteiger partial charge >= 0.3 is 5.97 Å². The second-order valence-electron chi connectivity index (χ2n) is 4.68. The van der Waals surface area contributed by atoms with Crippen molar-refractivity contribution in [2.24, 2.45) is 0 Å². The molecule has 0 aliphatic carbocycles. The summed E-state index contributed by atoms with van der Waals surface area (Å²) in [6.45, 7) is 1.56. The molecule has 2 N–H and O–H groups in total. The molecule has 1 aliphatic rings. The molecule has 1 aromatic rings. The molecule has 7 heteroatoms. The fraction of sp³-hybridized carbons (Fsp3) is 0.462. The number of ether oxygens (including phenoxy) is 1. The molecule has 1 saturated heterocycles. The van der Waals surface area contributed by atoms with Gasteiger partial charge < -0.3 is 10.1 Å². The molecule has 2 rings (SSSR count). The standard InChI is InChI=1S/C13H18N2O4S/c1-19-13(16)10-4-6-12(7-5-10)20(17,18)15-11-3-2-8-14-9-11/h4-7,11,14-15H,2-3,8-9H2,1H3. The summed E-state index contributed by atoms with van der Waals surface area (Å²) in [6, 6.07) is 5.61. The fourth-order valence-electron chi connectivity index (χ4n) is 2.13. The molecule has 0 amide bonds. The number of carbonyl (C=O) groups excluding carboxylic acids is 1. The molecule has 0 saturated carbocycles. The van der Waals surface area contributed by atoms with Gasteiger partial charge in [-0.15, -0.1) is 0 Å². The molecule has 0 radical (unpaired) electrons. The number of rotatable bonds is 4. The van der Waals surface area contributed by atoms with Crippen molar-refractivity contribution in [3.05, 3.63) is 29.8 Å². The van der Waals surface area contributed by atoms with Crippen LogP contribution in [0.3, 0.4) is 0 Å². The van der Waals surface area contributed by atoms with Gasteiger partial charge in [-0.1, -0.05) is 0 Å². The van der Waals surface area contributed by atoms with Crippen molar-refractivity contribution in [1.29, 1.82) is 0 Å². The van der Waals surface area contributed by atoms with Crippen LogP contribution in [0.2, 0.25) is 0 Å². The van der Waals surface area contributed by atoms with Crippen molar-refractivity contribution in [3.8, 4) is 0 Å². The van der Waals surface area contributed by atoms with Gasteiger partial charge in [-0.25, -0.2) is 17.9 Å². The van der Waals surface area contributed by atoms with E-state index in [0.717, 1.165) is 19.4 Å². The normalized spacial score (nSPS) is 19.6. The molecule has 0 aromatic heterocycles. The predicted molar refractivity (Wildman–Crippen MR) is 74.0 cm³/mol. The van der Waals surface area contributed by atoms with Crippen LogP contribution in [0.4, 0.5) is 0 Å². The van der Waals surface area contributed by atoms with Crippen LogP contribution in [0.5, 0.6) is 0 Å². The molecule has 1 heterocycles. The Labute approximate surface area is 118 Å². The Hall–Kier alpha value is -1.44. The van der Waals surface area contributed by atoms with Gasteiger partial charge in [0.2, 0.25) is 10.0 Å². The molecule has 1 unspecified atom stereocenters. The first-order valence-electron chi connectivity index (χ1n) is 6.44. The summed E-state index contributed by atoms with van der Waals surface area (Å²) in [6.07, 6.45) is 1.78. The quantitative estimate of drug-likeness (QED) is 0.791. The third-order valence-corrected chi connectivity index (χ3v) is 4.74. The van der Waals surface area contributed by atoms with Gasteiger partial charge in [-0.05, 0) is 43.7 Å². The number of esters is 1. The van der Waals surface area contributed by atoms with E-state index in [9.17, 15) is 13.2 Å². The van der Waals surface area contributed by atoms with Crippen LogP contribution in [-0.2, 0) is 14.8 Å². The highest BCUT2D eigenvalue weighted by atomic mass is 32.2. The zero-order valence-electron chi connectivity index (χ0n) is 11.3. The maximum absolute atomic E-state index is 12.2. The van der Waals surface area contributed by atoms with Gasteiger partial charge in [-0.2, -0.15) is 0 Å². The molecule has 1 aromatic carbocycles. The second-order valence-corrected chi connectivity index (χ2v) is 6.39. The SMILES string of the molecule is COC(=O)c1ccc(S(=O)(=O)NC2CCCNC2)cc1. The lowest BCUT2D eigenvalue weighted by Crippen LogP contribution is -2.45. The highest BCUT2D eigenvalue weighted by Gasteiger charge is 2.21. The van der Waals surface area contributed by atoms with Crippen LogP contribution in [0, 0.1) is 0 Å². The first-order chi connectivity index (χ1) is 9.53. The minimum atomic E-state index is -3.55. The highest BCUT2D eigenvalue weighted by Crippen LogP contribution is 2.13. The number of sulfonamides is 1. The molecule has 0 spiro atoms. The lowest BCUT2D eigenvalue weighted by atomic mass is 10.1. The first kappa shape index (κ1) is 15.0. The second kappa shape index (κ2) is 6.34. The third kappa shape index (κ3) is 3.56. The minimum absolute atomic E-state index is 0.0889. The molecule has 1 fully saturated rings. The van der Waals surface area contributed by atoms with Gasteiger partial charge in [0.05, 0.1) is 17.6 Å². The third-order valence-electron chi connectivity index (χ3n) is 3.20. The fourth-order valence-corrected chi connectivity index (χ4v) is 3.40. The lowest BCUT2D eigenvalue weighted by Gasteiger charge is -2.23. The monoisotopic (exact) mass is 298 g/mol. The molecule has 1 aliphatic heterocycles. The van der Waals surface area contributed by atoms with Crippen LogP contribution in [0.15, 0.2) is 29.2 Å². The number of benzene rings is 1. The van der Waals surface area contributed by atoms with Crippen molar-refractivity contribution >= 4 is 16.0 Å². The summed E-state index contributed by atoms with van der Waals surface area (Å²) in [5.74, 6) is -0.488. The van der Waals surface area contributed by atoms with E-state index in [1.165, 1.54) is 31.4 Å². The number of methoxy groups -OCH3 is 1. The first-order valence-corrected chi connectivity index (χ1v) is 7.92. The molecule has 110 valence electrons. The van der Waals surface area contributed by atoms with Crippen LogP contribution >= 0.6 is 0 Å². The zero-order chi connectivity index (χ0) is 14.6. The average Bonchev–Trinajstić information content (AvgIpc) is 2.47. The predicted octanol–water partition coefficient (Wildman–Crippen LogP) is 0.503. The van der Waals surface area contributed by atoms with Crippen molar-refractivity contribution in [1.82, 2.24) is 10.0 Å². The van der Waals surface area contributed by atoms with E-state index in [2.05, 4.69) is 14.8 Å². The van der Waals surface area contributed by atoms with Crippen molar-refractivity contribution < 1.29 is 17.9 Å². The topological polar surface area (TPSA) is 84.5 Å². The largest absolute Gasteiger partial charge is 0.465 e. The highest BCUT2D eigenvalue weighted by molar-refractivity contribution is 7.89. The molecular weight excluding hydrogens is 280 g/mol. The Morgan fingerprint density at radius 2 is 2.05 bits per heavy atom. The summed E-state index contributed by atoms with van der Waals surface area (Å²) in [4.78, 5) is 11.4. The maximum atomic E-state index is 12.2. The Morgan fingerprint density at radius 1 is 1.35 bits per heavy atom. The van der Waals surface area contributed by atoms with E-state index in [1.807, 2.05) is 0 Å². The zero-order valence-corrected chi connectivity index (χ0v) is 12.1. The molecule has 1 atom stereocenters. The van der Waals surface area contributed by atoms with Crippen molar-refractivity contribution in [3.63, 3.8) is 0 Å². The maximum Gasteiger partial charge on any atom is 0.337 e. The summed E-state index contributed by atoms with van der Waals surface area (Å²) in [5, 5.41) is 3.15. The van der Waals surface area contributed by atoms with E-state index >= 15 is 0 Å². The molecule has 20 heavy (non-hydrogen) atoms. The van der Waals surface area contributed by atoms with Crippen molar-refractivity contribution in [2.45, 2.75) is 23.8 Å². The Bertz CT molecular complexity index is 563. The lowest BCUT2D eigenvalue weighted by molar-refractivity contribution is 0.0600. The van der Waals surface area contributed by atoms with Crippen LogP contribution in [-0.4, -0.2) is 40.6 Å². The van der Waals surface area contributed by atoms with E-state index < -0.39 is 16.0 Å². The van der Waals surface area contributed by atoms with Gasteiger partial charge in [0.25, 0.3) is 0 Å². The molecule has 6 nitrogen and oxygen atoms in total. The van der Waals surface area contributed by atoms with E-state index in [-0.39, 0.29) is 10.9 Å². The average molecular weight is 298 g/mol. The number of hydrogen-bond donors (Lipinski definition) is 2. The van der Waals surface area contributed by atoms with Gasteiger partial charge in [0.15, 0.2) is 0 Å².